The molecule has 0 bridgehead atoms. The van der Waals surface area contributed by atoms with Gasteiger partial charge in [0.25, 0.3) is 5.91 Å². The summed E-state index contributed by atoms with van der Waals surface area (Å²) in [6.45, 7) is 3.57. The summed E-state index contributed by atoms with van der Waals surface area (Å²) in [6.07, 6.45) is 0. The number of halogens is 1. The van der Waals surface area contributed by atoms with Gasteiger partial charge >= 0.3 is 0 Å². The van der Waals surface area contributed by atoms with Crippen molar-refractivity contribution in [2.45, 2.75) is 25.9 Å². The first kappa shape index (κ1) is 20.2. The minimum absolute atomic E-state index is 0.0553. The van der Waals surface area contributed by atoms with E-state index in [-0.39, 0.29) is 41.0 Å². The highest BCUT2D eigenvalue weighted by Crippen LogP contribution is 2.27. The molecule has 2 heterocycles. The van der Waals surface area contributed by atoms with Crippen LogP contribution in [0.1, 0.15) is 24.2 Å². The zero-order valence-electron chi connectivity index (χ0n) is 15.5. The molecule has 0 saturated heterocycles. The van der Waals surface area contributed by atoms with E-state index >= 15 is 0 Å². The van der Waals surface area contributed by atoms with Gasteiger partial charge < -0.3 is 31.6 Å². The van der Waals surface area contributed by atoms with E-state index in [9.17, 15) is 9.18 Å². The molecule has 2 unspecified atom stereocenters. The first-order valence-corrected chi connectivity index (χ1v) is 8.14. The van der Waals surface area contributed by atoms with Crippen LogP contribution in [0.3, 0.4) is 0 Å². The van der Waals surface area contributed by atoms with Crippen LogP contribution in [0.25, 0.3) is 0 Å². The molecule has 2 rings (SSSR count). The SMILES string of the molecule is COc1cc(Nc2nc(NC(C)C(C)N)c(F)cc2C(N)=O)cc(OC)n1. The Labute approximate surface area is 156 Å². The fourth-order valence-electron chi connectivity index (χ4n) is 2.12. The maximum Gasteiger partial charge on any atom is 0.252 e. The highest BCUT2D eigenvalue weighted by atomic mass is 19.1. The number of methoxy groups -OCH3 is 2. The summed E-state index contributed by atoms with van der Waals surface area (Å²) >= 11 is 0. The average molecular weight is 378 g/mol. The van der Waals surface area contributed by atoms with E-state index in [1.807, 2.05) is 0 Å². The first-order valence-electron chi connectivity index (χ1n) is 8.14. The molecule has 0 saturated carbocycles. The molecule has 2 atom stereocenters. The number of nitrogens with one attached hydrogen (secondary N) is 2. The number of anilines is 3. The number of hydrogen-bond acceptors (Lipinski definition) is 8. The molecule has 9 nitrogen and oxygen atoms in total. The van der Waals surface area contributed by atoms with E-state index < -0.39 is 11.7 Å². The first-order chi connectivity index (χ1) is 12.7. The van der Waals surface area contributed by atoms with Crippen LogP contribution in [-0.2, 0) is 0 Å². The number of rotatable bonds is 8. The summed E-state index contributed by atoms with van der Waals surface area (Å²) in [5.41, 5.74) is 11.5. The van der Waals surface area contributed by atoms with E-state index in [1.54, 1.807) is 26.0 Å². The van der Waals surface area contributed by atoms with E-state index in [2.05, 4.69) is 20.6 Å². The van der Waals surface area contributed by atoms with E-state index in [4.69, 9.17) is 20.9 Å². The summed E-state index contributed by atoms with van der Waals surface area (Å²) in [7, 11) is 2.90. The Kier molecular flexibility index (Phi) is 6.35. The summed E-state index contributed by atoms with van der Waals surface area (Å²) in [4.78, 5) is 20.0. The number of nitrogens with zero attached hydrogens (tertiary/aromatic N) is 2. The number of carbonyl (C=O) groups excluding carboxylic acids is 1. The maximum atomic E-state index is 14.3. The van der Waals surface area contributed by atoms with Crippen molar-refractivity contribution < 1.29 is 18.7 Å². The lowest BCUT2D eigenvalue weighted by molar-refractivity contribution is 0.100. The Morgan fingerprint density at radius 1 is 1.11 bits per heavy atom. The van der Waals surface area contributed by atoms with E-state index in [1.165, 1.54) is 14.2 Å². The zero-order chi connectivity index (χ0) is 20.1. The van der Waals surface area contributed by atoms with Gasteiger partial charge in [-0.2, -0.15) is 4.98 Å². The number of pyridine rings is 2. The monoisotopic (exact) mass is 378 g/mol. The molecule has 0 aliphatic rings. The molecule has 10 heteroatoms. The second-order valence-electron chi connectivity index (χ2n) is 5.94. The minimum Gasteiger partial charge on any atom is -0.481 e. The van der Waals surface area contributed by atoms with Gasteiger partial charge in [0.05, 0.1) is 25.5 Å². The number of amides is 1. The average Bonchev–Trinajstić information content (AvgIpc) is 2.63. The molecule has 0 radical (unpaired) electrons. The quantitative estimate of drug-likeness (QED) is 0.544. The number of nitrogens with two attached hydrogens (primary N) is 2. The highest BCUT2D eigenvalue weighted by Gasteiger charge is 2.19. The largest absolute Gasteiger partial charge is 0.481 e. The molecule has 0 spiro atoms. The van der Waals surface area contributed by atoms with Gasteiger partial charge in [-0.05, 0) is 19.9 Å². The number of ether oxygens (including phenoxy) is 2. The van der Waals surface area contributed by atoms with Crippen LogP contribution >= 0.6 is 0 Å². The fourth-order valence-corrected chi connectivity index (χ4v) is 2.12. The number of hydrogen-bond donors (Lipinski definition) is 4. The Hall–Kier alpha value is -3.14. The Morgan fingerprint density at radius 3 is 2.19 bits per heavy atom. The Bertz CT molecular complexity index is 808. The van der Waals surface area contributed by atoms with Gasteiger partial charge in [0, 0.05) is 24.2 Å². The molecule has 0 aliphatic carbocycles. The predicted octanol–water partition coefficient (Wildman–Crippen LogP) is 1.62. The van der Waals surface area contributed by atoms with Gasteiger partial charge in [-0.25, -0.2) is 9.37 Å². The lowest BCUT2D eigenvalue weighted by Gasteiger charge is -2.20. The van der Waals surface area contributed by atoms with Crippen molar-refractivity contribution in [3.63, 3.8) is 0 Å². The molecular weight excluding hydrogens is 355 g/mol. The van der Waals surface area contributed by atoms with Gasteiger partial charge in [0.1, 0.15) is 5.82 Å². The molecule has 0 aromatic carbocycles. The number of carbonyl (C=O) groups is 1. The second kappa shape index (κ2) is 8.49. The lowest BCUT2D eigenvalue weighted by atomic mass is 10.1. The zero-order valence-corrected chi connectivity index (χ0v) is 15.5. The van der Waals surface area contributed by atoms with Crippen molar-refractivity contribution in [2.24, 2.45) is 11.5 Å². The summed E-state index contributed by atoms with van der Waals surface area (Å²) < 4.78 is 24.5. The third-order valence-electron chi connectivity index (χ3n) is 3.85. The topological polar surface area (TPSA) is 137 Å². The minimum atomic E-state index is -0.830. The van der Waals surface area contributed by atoms with Crippen LogP contribution < -0.4 is 31.6 Å². The molecule has 0 fully saturated rings. The maximum absolute atomic E-state index is 14.3. The molecule has 2 aromatic rings. The smallest absolute Gasteiger partial charge is 0.252 e. The molecule has 0 aliphatic heterocycles. The fraction of sp³-hybridized carbons (Fsp3) is 0.353. The van der Waals surface area contributed by atoms with Crippen molar-refractivity contribution in [3.05, 3.63) is 29.6 Å². The van der Waals surface area contributed by atoms with Gasteiger partial charge in [-0.15, -0.1) is 0 Å². The Morgan fingerprint density at radius 2 is 1.70 bits per heavy atom. The van der Waals surface area contributed by atoms with E-state index in [0.29, 0.717) is 5.69 Å². The lowest BCUT2D eigenvalue weighted by Crippen LogP contribution is -2.35. The standard InChI is InChI=1S/C17H23FN6O3/c1-8(19)9(2)21-17-12(18)7-11(15(20)25)16(24-17)22-10-5-13(26-3)23-14(6-10)27-4/h5-9H,19H2,1-4H3,(H2,20,25)(H2,21,22,23,24). The van der Waals surface area contributed by atoms with Crippen molar-refractivity contribution in [1.29, 1.82) is 0 Å². The van der Waals surface area contributed by atoms with Gasteiger partial charge in [0.2, 0.25) is 11.8 Å². The summed E-state index contributed by atoms with van der Waals surface area (Å²) in [5.74, 6) is -0.971. The summed E-state index contributed by atoms with van der Waals surface area (Å²) in [5, 5.41) is 5.81. The van der Waals surface area contributed by atoms with Crippen LogP contribution in [0.4, 0.5) is 21.7 Å². The normalized spacial score (nSPS) is 12.8. The number of primary amides is 1. The second-order valence-corrected chi connectivity index (χ2v) is 5.94. The van der Waals surface area contributed by atoms with Crippen molar-refractivity contribution in [1.82, 2.24) is 9.97 Å². The molecule has 146 valence electrons. The number of aromatic nitrogens is 2. The third kappa shape index (κ3) is 4.94. The molecule has 1 amide bonds. The van der Waals surface area contributed by atoms with Crippen molar-refractivity contribution >= 4 is 23.2 Å². The Balaban J connectivity index is 2.46. The van der Waals surface area contributed by atoms with Crippen molar-refractivity contribution in [3.8, 4) is 11.8 Å². The van der Waals surface area contributed by atoms with Gasteiger partial charge in [-0.3, -0.25) is 4.79 Å². The van der Waals surface area contributed by atoms with Crippen LogP contribution in [0.2, 0.25) is 0 Å². The van der Waals surface area contributed by atoms with Crippen LogP contribution in [-0.4, -0.2) is 42.2 Å². The summed E-state index contributed by atoms with van der Waals surface area (Å²) in [6, 6.07) is 3.66. The van der Waals surface area contributed by atoms with E-state index in [0.717, 1.165) is 6.07 Å². The van der Waals surface area contributed by atoms with Crippen LogP contribution in [0, 0.1) is 5.82 Å². The molecule has 2 aromatic heterocycles. The third-order valence-corrected chi connectivity index (χ3v) is 3.85. The van der Waals surface area contributed by atoms with Gasteiger partial charge in [-0.1, -0.05) is 0 Å². The van der Waals surface area contributed by atoms with Crippen LogP contribution in [0.15, 0.2) is 18.2 Å². The molecule has 6 N–H and O–H groups in total. The molecular formula is C17H23FN6O3. The molecule has 27 heavy (non-hydrogen) atoms. The highest BCUT2D eigenvalue weighted by molar-refractivity contribution is 5.98. The van der Waals surface area contributed by atoms with Crippen LogP contribution in [0.5, 0.6) is 11.8 Å². The predicted molar refractivity (Wildman–Crippen MR) is 100 cm³/mol. The van der Waals surface area contributed by atoms with Gasteiger partial charge in [0.15, 0.2) is 11.6 Å². The van der Waals surface area contributed by atoms with Crippen molar-refractivity contribution in [2.75, 3.05) is 24.9 Å².